The van der Waals surface area contributed by atoms with E-state index in [9.17, 15) is 0 Å². The summed E-state index contributed by atoms with van der Waals surface area (Å²) in [5, 5.41) is 13.5. The van der Waals surface area contributed by atoms with Gasteiger partial charge >= 0.3 is 0 Å². The fourth-order valence-corrected chi connectivity index (χ4v) is 10.5. The van der Waals surface area contributed by atoms with Gasteiger partial charge in [-0.05, 0) is 121 Å². The maximum absolute atomic E-state index is 6.83. The highest BCUT2D eigenvalue weighted by Gasteiger charge is 2.30. The zero-order chi connectivity index (χ0) is 42.1. The molecular formula is C60H41N3O. The Morgan fingerprint density at radius 1 is 0.438 bits per heavy atom. The van der Waals surface area contributed by atoms with E-state index in [1.54, 1.807) is 0 Å². The fourth-order valence-electron chi connectivity index (χ4n) is 10.5. The second-order valence-corrected chi connectivity index (χ2v) is 17.2. The van der Waals surface area contributed by atoms with Crippen LogP contribution in [-0.4, -0.2) is 11.7 Å². The van der Waals surface area contributed by atoms with Gasteiger partial charge in [-0.2, -0.15) is 0 Å². The summed E-state index contributed by atoms with van der Waals surface area (Å²) < 4.78 is 6.83. The van der Waals surface area contributed by atoms with Crippen molar-refractivity contribution in [3.63, 3.8) is 0 Å². The summed E-state index contributed by atoms with van der Waals surface area (Å²) in [6.07, 6.45) is 1.48. The third-order valence-corrected chi connectivity index (χ3v) is 13.5. The molecule has 2 aliphatic rings. The van der Waals surface area contributed by atoms with Crippen LogP contribution in [0.4, 0.5) is 0 Å². The summed E-state index contributed by atoms with van der Waals surface area (Å²) in [7, 11) is 0. The molecule has 0 radical (unpaired) electrons. The fraction of sp³-hybridized carbons (Fsp3) is 0.0667. The standard InChI is InChI=1S/C60H41N3O/c1-2-15-37(16-3-1)38-20-14-21-43(32-38)58-61-59(63-60(62-58)54-34-41-19-6-7-22-45(41)46-23-8-11-26-49(46)54)44-35-53(57-51-27-12-13-28-55(51)64-56(57)36-44)50-30-29-42-31-39-17-4-5-18-40(39)33-52(42)48-25-10-9-24-47(48)50/h1-28,31-36,50,60H,29-30H2,(H,61,62,63). The smallest absolute Gasteiger partial charge is 0.159 e. The zero-order valence-corrected chi connectivity index (χ0v) is 35.0. The first-order valence-electron chi connectivity index (χ1n) is 22.3. The van der Waals surface area contributed by atoms with E-state index in [1.807, 2.05) is 0 Å². The van der Waals surface area contributed by atoms with Crippen molar-refractivity contribution in [1.82, 2.24) is 5.32 Å². The maximum atomic E-state index is 6.83. The van der Waals surface area contributed by atoms with E-state index in [0.29, 0.717) is 5.84 Å². The topological polar surface area (TPSA) is 49.9 Å². The van der Waals surface area contributed by atoms with E-state index in [-0.39, 0.29) is 5.92 Å². The SMILES string of the molecule is c1ccc(-c2cccc(C3=NC(c4cc5ccccc5c5ccccc45)NC(c4cc(C5CCc6cc7ccccc7cc6-c6ccccc65)c5c(c4)oc4ccccc45)=N3)c2)cc1. The molecule has 0 fully saturated rings. The number of rotatable bonds is 5. The van der Waals surface area contributed by atoms with Crippen LogP contribution in [0.2, 0.25) is 0 Å². The molecule has 2 atom stereocenters. The van der Waals surface area contributed by atoms with Gasteiger partial charge in [-0.15, -0.1) is 0 Å². The van der Waals surface area contributed by atoms with Gasteiger partial charge in [0, 0.05) is 33.4 Å². The van der Waals surface area contributed by atoms with Gasteiger partial charge in [0.2, 0.25) is 0 Å². The predicted octanol–water partition coefficient (Wildman–Crippen LogP) is 15.0. The van der Waals surface area contributed by atoms with Crippen LogP contribution in [0.25, 0.3) is 76.5 Å². The molecule has 11 aromatic rings. The molecule has 64 heavy (non-hydrogen) atoms. The first-order valence-corrected chi connectivity index (χ1v) is 22.3. The summed E-state index contributed by atoms with van der Waals surface area (Å²) in [5.41, 5.74) is 13.6. The monoisotopic (exact) mass is 819 g/mol. The predicted molar refractivity (Wildman–Crippen MR) is 266 cm³/mol. The van der Waals surface area contributed by atoms with Gasteiger partial charge in [-0.25, -0.2) is 9.98 Å². The van der Waals surface area contributed by atoms with Crippen LogP contribution in [-0.2, 0) is 6.42 Å². The average Bonchev–Trinajstić information content (AvgIpc) is 3.67. The van der Waals surface area contributed by atoms with E-state index in [1.165, 1.54) is 54.7 Å². The molecule has 4 heteroatoms. The summed E-state index contributed by atoms with van der Waals surface area (Å²) in [6.45, 7) is 0. The Bertz CT molecular complexity index is 3730. The number of furan rings is 1. The van der Waals surface area contributed by atoms with Crippen molar-refractivity contribution in [2.45, 2.75) is 24.9 Å². The van der Waals surface area contributed by atoms with Crippen molar-refractivity contribution >= 4 is 65.9 Å². The Morgan fingerprint density at radius 3 is 2.00 bits per heavy atom. The van der Waals surface area contributed by atoms with Crippen LogP contribution >= 0.6 is 0 Å². The lowest BCUT2D eigenvalue weighted by Gasteiger charge is -2.26. The Balaban J connectivity index is 1.02. The first-order chi connectivity index (χ1) is 31.7. The molecule has 2 heterocycles. The second kappa shape index (κ2) is 14.8. The Morgan fingerprint density at radius 2 is 1.12 bits per heavy atom. The van der Waals surface area contributed by atoms with Crippen molar-refractivity contribution in [1.29, 1.82) is 0 Å². The molecule has 2 unspecified atom stereocenters. The third kappa shape index (κ3) is 6.06. The molecule has 10 aromatic carbocycles. The average molecular weight is 820 g/mol. The number of nitrogens with zero attached hydrogens (tertiary/aromatic N) is 2. The number of amidine groups is 2. The number of aryl methyl sites for hydroxylation is 1. The lowest BCUT2D eigenvalue weighted by atomic mass is 9.83. The summed E-state index contributed by atoms with van der Waals surface area (Å²) in [4.78, 5) is 10.9. The van der Waals surface area contributed by atoms with Crippen molar-refractivity contribution in [3.05, 3.63) is 240 Å². The molecule has 1 aliphatic carbocycles. The van der Waals surface area contributed by atoms with Gasteiger partial charge in [-0.3, -0.25) is 0 Å². The van der Waals surface area contributed by atoms with Crippen molar-refractivity contribution in [2.75, 3.05) is 0 Å². The molecule has 0 saturated heterocycles. The molecule has 0 spiro atoms. The summed E-state index contributed by atoms with van der Waals surface area (Å²) in [6, 6.07) is 74.4. The summed E-state index contributed by atoms with van der Waals surface area (Å²) >= 11 is 0. The number of para-hydroxylation sites is 1. The largest absolute Gasteiger partial charge is 0.456 e. The van der Waals surface area contributed by atoms with Gasteiger partial charge in [0.1, 0.15) is 23.2 Å². The molecule has 13 rings (SSSR count). The zero-order valence-electron chi connectivity index (χ0n) is 35.0. The van der Waals surface area contributed by atoms with Crippen molar-refractivity contribution in [3.8, 4) is 22.3 Å². The van der Waals surface area contributed by atoms with Gasteiger partial charge < -0.3 is 9.73 Å². The Hall–Kier alpha value is -8.08. The van der Waals surface area contributed by atoms with Crippen LogP contribution in [0.15, 0.2) is 221 Å². The molecular weight excluding hydrogens is 779 g/mol. The van der Waals surface area contributed by atoms with E-state index in [2.05, 4.69) is 212 Å². The lowest BCUT2D eigenvalue weighted by Crippen LogP contribution is -2.33. The number of fused-ring (bicyclic) bond motifs is 10. The highest BCUT2D eigenvalue weighted by molar-refractivity contribution is 6.17. The number of hydrogen-bond acceptors (Lipinski definition) is 4. The highest BCUT2D eigenvalue weighted by atomic mass is 16.3. The summed E-state index contributed by atoms with van der Waals surface area (Å²) in [5.74, 6) is 1.54. The van der Waals surface area contributed by atoms with E-state index in [0.717, 1.165) is 73.8 Å². The van der Waals surface area contributed by atoms with Crippen LogP contribution in [0.1, 0.15) is 51.9 Å². The molecule has 0 bridgehead atoms. The lowest BCUT2D eigenvalue weighted by molar-refractivity contribution is 0.665. The van der Waals surface area contributed by atoms with E-state index in [4.69, 9.17) is 14.4 Å². The molecule has 4 nitrogen and oxygen atoms in total. The number of benzene rings is 10. The Kier molecular flexibility index (Phi) is 8.45. The van der Waals surface area contributed by atoms with Crippen LogP contribution in [0.5, 0.6) is 0 Å². The minimum Gasteiger partial charge on any atom is -0.456 e. The number of aliphatic imine (C=N–C) groups is 2. The van der Waals surface area contributed by atoms with Gasteiger partial charge in [0.25, 0.3) is 0 Å². The van der Waals surface area contributed by atoms with Crippen LogP contribution in [0.3, 0.4) is 0 Å². The third-order valence-electron chi connectivity index (χ3n) is 13.5. The van der Waals surface area contributed by atoms with Gasteiger partial charge in [-0.1, -0.05) is 170 Å². The number of nitrogens with one attached hydrogen (secondary N) is 1. The minimum absolute atomic E-state index is 0.0929. The first kappa shape index (κ1) is 36.6. The molecule has 0 saturated carbocycles. The quantitative estimate of drug-likeness (QED) is 0.176. The van der Waals surface area contributed by atoms with Gasteiger partial charge in [0.05, 0.1) is 0 Å². The Labute approximate surface area is 370 Å². The van der Waals surface area contributed by atoms with E-state index >= 15 is 0 Å². The van der Waals surface area contributed by atoms with E-state index < -0.39 is 6.17 Å². The molecule has 0 amide bonds. The van der Waals surface area contributed by atoms with Gasteiger partial charge in [0.15, 0.2) is 5.84 Å². The van der Waals surface area contributed by atoms with Crippen molar-refractivity contribution < 1.29 is 4.42 Å². The molecule has 1 N–H and O–H groups in total. The second-order valence-electron chi connectivity index (χ2n) is 17.2. The molecule has 302 valence electrons. The minimum atomic E-state index is -0.422. The van der Waals surface area contributed by atoms with Crippen LogP contribution < -0.4 is 5.32 Å². The van der Waals surface area contributed by atoms with Crippen molar-refractivity contribution in [2.24, 2.45) is 9.98 Å². The highest BCUT2D eigenvalue weighted by Crippen LogP contribution is 2.46. The normalized spacial score (nSPS) is 16.0. The molecule has 1 aliphatic heterocycles. The number of hydrogen-bond donors (Lipinski definition) is 1. The van der Waals surface area contributed by atoms with Crippen LogP contribution in [0, 0.1) is 0 Å². The molecule has 1 aromatic heterocycles. The maximum Gasteiger partial charge on any atom is 0.159 e.